The quantitative estimate of drug-likeness (QED) is 0.862. The second kappa shape index (κ2) is 6.15. The van der Waals surface area contributed by atoms with Crippen molar-refractivity contribution in [1.82, 2.24) is 4.90 Å². The van der Waals surface area contributed by atoms with Crippen LogP contribution in [-0.4, -0.2) is 48.0 Å². The van der Waals surface area contributed by atoms with Crippen LogP contribution in [0.5, 0.6) is 0 Å². The van der Waals surface area contributed by atoms with E-state index in [0.29, 0.717) is 13.2 Å². The summed E-state index contributed by atoms with van der Waals surface area (Å²) in [4.78, 5) is 2.24. The lowest BCUT2D eigenvalue weighted by atomic mass is 10.2. The molecule has 1 N–H and O–H groups in total. The van der Waals surface area contributed by atoms with Crippen molar-refractivity contribution in [2.24, 2.45) is 0 Å². The van der Waals surface area contributed by atoms with Crippen LogP contribution in [0.15, 0.2) is 10.6 Å². The minimum Gasteiger partial charge on any atom is -0.389 e. The average Bonchev–Trinajstić information content (AvgIpc) is 2.14. The molecule has 4 heteroatoms. The molecule has 0 saturated carbocycles. The molecule has 0 spiro atoms. The zero-order valence-electron chi connectivity index (χ0n) is 10.4. The Bertz CT molecular complexity index is 248. The second-order valence-electron chi connectivity index (χ2n) is 5.25. The van der Waals surface area contributed by atoms with Crippen LogP contribution in [0.2, 0.25) is 0 Å². The van der Waals surface area contributed by atoms with Crippen molar-refractivity contribution >= 4 is 15.9 Å². The van der Waals surface area contributed by atoms with Crippen LogP contribution in [-0.2, 0) is 4.74 Å². The molecule has 94 valence electrons. The molecule has 0 amide bonds. The van der Waals surface area contributed by atoms with Gasteiger partial charge < -0.3 is 9.84 Å². The summed E-state index contributed by atoms with van der Waals surface area (Å²) in [6, 6.07) is 0. The van der Waals surface area contributed by atoms with Crippen molar-refractivity contribution in [3.63, 3.8) is 0 Å². The van der Waals surface area contributed by atoms with Gasteiger partial charge in [-0.1, -0.05) is 22.0 Å². The van der Waals surface area contributed by atoms with Gasteiger partial charge in [0.05, 0.1) is 18.3 Å². The number of hydrogen-bond acceptors (Lipinski definition) is 3. The van der Waals surface area contributed by atoms with Crippen LogP contribution >= 0.6 is 15.9 Å². The van der Waals surface area contributed by atoms with E-state index in [1.807, 2.05) is 20.8 Å². The van der Waals surface area contributed by atoms with Crippen LogP contribution in [0.1, 0.15) is 27.2 Å². The Morgan fingerprint density at radius 2 is 2.25 bits per heavy atom. The van der Waals surface area contributed by atoms with Gasteiger partial charge in [-0.2, -0.15) is 0 Å². The van der Waals surface area contributed by atoms with E-state index in [1.165, 1.54) is 4.48 Å². The highest BCUT2D eigenvalue weighted by Crippen LogP contribution is 2.15. The van der Waals surface area contributed by atoms with Gasteiger partial charge in [-0.3, -0.25) is 4.90 Å². The minimum atomic E-state index is -0.405. The molecule has 3 nitrogen and oxygen atoms in total. The van der Waals surface area contributed by atoms with E-state index in [9.17, 15) is 5.11 Å². The van der Waals surface area contributed by atoms with E-state index in [2.05, 4.69) is 26.9 Å². The van der Waals surface area contributed by atoms with Crippen LogP contribution < -0.4 is 0 Å². The number of rotatable bonds is 4. The highest BCUT2D eigenvalue weighted by atomic mass is 79.9. The Hall–Kier alpha value is 0.100. The largest absolute Gasteiger partial charge is 0.389 e. The number of ether oxygens (including phenoxy) is 1. The first-order valence-corrected chi connectivity index (χ1v) is 6.55. The van der Waals surface area contributed by atoms with Crippen molar-refractivity contribution in [3.8, 4) is 0 Å². The van der Waals surface area contributed by atoms with Crippen molar-refractivity contribution < 1.29 is 9.84 Å². The van der Waals surface area contributed by atoms with Gasteiger partial charge in [0.2, 0.25) is 0 Å². The van der Waals surface area contributed by atoms with E-state index in [1.54, 1.807) is 0 Å². The number of nitrogens with zero attached hydrogens (tertiary/aromatic N) is 1. The summed E-state index contributed by atoms with van der Waals surface area (Å²) in [5, 5.41) is 9.85. The van der Waals surface area contributed by atoms with Gasteiger partial charge in [-0.15, -0.1) is 0 Å². The van der Waals surface area contributed by atoms with E-state index >= 15 is 0 Å². The summed E-state index contributed by atoms with van der Waals surface area (Å²) >= 11 is 3.50. The summed E-state index contributed by atoms with van der Waals surface area (Å²) in [5.74, 6) is 0. The number of hydrogen-bond donors (Lipinski definition) is 1. The predicted octanol–water partition coefficient (Wildman–Crippen LogP) is 2.15. The Balaban J connectivity index is 2.24. The predicted molar refractivity (Wildman–Crippen MR) is 69.8 cm³/mol. The van der Waals surface area contributed by atoms with Crippen LogP contribution in [0.25, 0.3) is 0 Å². The Morgan fingerprint density at radius 1 is 1.56 bits per heavy atom. The van der Waals surface area contributed by atoms with Gasteiger partial charge in [0.1, 0.15) is 0 Å². The topological polar surface area (TPSA) is 32.7 Å². The molecule has 1 aliphatic heterocycles. The van der Waals surface area contributed by atoms with Crippen molar-refractivity contribution in [2.75, 3.05) is 26.2 Å². The fourth-order valence-corrected chi connectivity index (χ4v) is 2.20. The third kappa shape index (κ3) is 5.99. The Morgan fingerprint density at radius 3 is 2.81 bits per heavy atom. The highest BCUT2D eigenvalue weighted by molar-refractivity contribution is 9.11. The number of aliphatic hydroxyl groups is 1. The maximum Gasteiger partial charge on any atom is 0.0900 e. The normalized spacial score (nSPS) is 20.7. The molecule has 0 aromatic rings. The first kappa shape index (κ1) is 14.2. The van der Waals surface area contributed by atoms with E-state index in [-0.39, 0.29) is 5.60 Å². The van der Waals surface area contributed by atoms with Crippen molar-refractivity contribution in [3.05, 3.63) is 10.6 Å². The number of halogens is 1. The molecule has 1 heterocycles. The van der Waals surface area contributed by atoms with Crippen LogP contribution in [0.4, 0.5) is 0 Å². The molecule has 0 aromatic carbocycles. The Kier molecular flexibility index (Phi) is 5.44. The zero-order valence-corrected chi connectivity index (χ0v) is 12.0. The van der Waals surface area contributed by atoms with E-state index < -0.39 is 6.10 Å². The van der Waals surface area contributed by atoms with Gasteiger partial charge in [-0.05, 0) is 27.2 Å². The maximum absolute atomic E-state index is 9.85. The van der Waals surface area contributed by atoms with Gasteiger partial charge in [0.25, 0.3) is 0 Å². The van der Waals surface area contributed by atoms with E-state index in [0.717, 1.165) is 19.5 Å². The summed E-state index contributed by atoms with van der Waals surface area (Å²) < 4.78 is 6.77. The molecule has 0 fully saturated rings. The van der Waals surface area contributed by atoms with Gasteiger partial charge >= 0.3 is 0 Å². The standard InChI is InChI=1S/C12H22BrNO2/c1-12(2,3)16-9-11(15)8-14-6-4-5-10(13)7-14/h5,11,15H,4,6-9H2,1-3H3. The highest BCUT2D eigenvalue weighted by Gasteiger charge is 2.17. The molecule has 1 aliphatic rings. The minimum absolute atomic E-state index is 0.177. The molecule has 1 unspecified atom stereocenters. The number of β-amino-alcohol motifs (C(OH)–C–C–N with tert-alkyl or cyclic N) is 1. The SMILES string of the molecule is CC(C)(C)OCC(O)CN1CCC=C(Br)C1. The molecular weight excluding hydrogens is 270 g/mol. The van der Waals surface area contributed by atoms with Crippen LogP contribution in [0.3, 0.4) is 0 Å². The fourth-order valence-electron chi connectivity index (χ4n) is 1.61. The third-order valence-corrected chi connectivity index (χ3v) is 2.94. The zero-order chi connectivity index (χ0) is 12.2. The maximum atomic E-state index is 9.85. The van der Waals surface area contributed by atoms with Crippen molar-refractivity contribution in [2.45, 2.75) is 38.9 Å². The van der Waals surface area contributed by atoms with E-state index in [4.69, 9.17) is 4.74 Å². The molecule has 0 bridgehead atoms. The summed E-state index contributed by atoms with van der Waals surface area (Å²) in [6.07, 6.45) is 2.83. The van der Waals surface area contributed by atoms with Gasteiger partial charge in [0, 0.05) is 24.1 Å². The summed E-state index contributed by atoms with van der Waals surface area (Å²) in [6.45, 7) is 8.99. The lowest BCUT2D eigenvalue weighted by molar-refractivity contribution is -0.0556. The second-order valence-corrected chi connectivity index (χ2v) is 6.27. The summed E-state index contributed by atoms with van der Waals surface area (Å²) in [7, 11) is 0. The molecule has 0 aliphatic carbocycles. The molecule has 1 atom stereocenters. The fraction of sp³-hybridized carbons (Fsp3) is 0.833. The molecular formula is C12H22BrNO2. The van der Waals surface area contributed by atoms with Crippen LogP contribution in [0, 0.1) is 0 Å². The smallest absolute Gasteiger partial charge is 0.0900 e. The molecule has 0 aromatic heterocycles. The first-order chi connectivity index (χ1) is 7.37. The first-order valence-electron chi connectivity index (χ1n) is 5.76. The lowest BCUT2D eigenvalue weighted by Gasteiger charge is -2.28. The van der Waals surface area contributed by atoms with Gasteiger partial charge in [-0.25, -0.2) is 0 Å². The van der Waals surface area contributed by atoms with Crippen molar-refractivity contribution in [1.29, 1.82) is 0 Å². The Labute approximate surface area is 107 Å². The molecule has 0 saturated heterocycles. The average molecular weight is 292 g/mol. The molecule has 0 radical (unpaired) electrons. The number of aliphatic hydroxyl groups excluding tert-OH is 1. The summed E-state index contributed by atoms with van der Waals surface area (Å²) in [5.41, 5.74) is -0.177. The monoisotopic (exact) mass is 291 g/mol. The lowest BCUT2D eigenvalue weighted by Crippen LogP contribution is -2.39. The molecule has 16 heavy (non-hydrogen) atoms. The van der Waals surface area contributed by atoms with Gasteiger partial charge in [0.15, 0.2) is 0 Å². The molecule has 1 rings (SSSR count). The third-order valence-electron chi connectivity index (χ3n) is 2.36.